The van der Waals surface area contributed by atoms with Crippen LogP contribution >= 0.6 is 12.6 Å². The molecule has 0 aromatic heterocycles. The molecule has 29 heavy (non-hydrogen) atoms. The van der Waals surface area contributed by atoms with Gasteiger partial charge >= 0.3 is 0 Å². The molecule has 7 atom stereocenters. The number of hydrogen-bond acceptors (Lipinski definition) is 5. The number of carbonyl (C=O) groups is 1. The molecule has 1 N–H and O–H groups in total. The van der Waals surface area contributed by atoms with Gasteiger partial charge in [-0.1, -0.05) is 18.6 Å². The Morgan fingerprint density at radius 1 is 1.24 bits per heavy atom. The van der Waals surface area contributed by atoms with E-state index in [0.717, 1.165) is 50.7 Å². The van der Waals surface area contributed by atoms with E-state index in [0.29, 0.717) is 24.4 Å². The first-order chi connectivity index (χ1) is 13.9. The van der Waals surface area contributed by atoms with Gasteiger partial charge in [0.15, 0.2) is 11.6 Å². The average molecular weight is 423 g/mol. The first-order valence-electron chi connectivity index (χ1n) is 11.5. The standard InChI is InChI=1S/C24H38O4S/c1-4-28-24(27-3)12-11-23(15-29)16(13-24)5-6-17-18-7-8-20(21(26)14-25)22(18,2)10-9-19(17)23/h5,17-20,25,29H,4,6-15H2,1-3H3. The van der Waals surface area contributed by atoms with Gasteiger partial charge in [-0.15, -0.1) is 0 Å². The van der Waals surface area contributed by atoms with E-state index in [1.54, 1.807) is 7.11 Å². The summed E-state index contributed by atoms with van der Waals surface area (Å²) in [4.78, 5) is 12.4. The van der Waals surface area contributed by atoms with E-state index in [-0.39, 0.29) is 29.1 Å². The van der Waals surface area contributed by atoms with E-state index in [4.69, 9.17) is 22.1 Å². The van der Waals surface area contributed by atoms with E-state index in [2.05, 4.69) is 13.0 Å². The van der Waals surface area contributed by atoms with Gasteiger partial charge in [0.25, 0.3) is 0 Å². The minimum atomic E-state index is -0.477. The van der Waals surface area contributed by atoms with E-state index < -0.39 is 5.79 Å². The Labute approximate surface area is 181 Å². The number of ketones is 1. The third-order valence-electron chi connectivity index (χ3n) is 9.44. The minimum absolute atomic E-state index is 0.0428. The summed E-state index contributed by atoms with van der Waals surface area (Å²) in [5.41, 5.74) is 1.70. The summed E-state index contributed by atoms with van der Waals surface area (Å²) < 4.78 is 12.0. The van der Waals surface area contributed by atoms with Crippen molar-refractivity contribution in [2.24, 2.45) is 34.5 Å². The molecule has 0 heterocycles. The molecule has 0 spiro atoms. The number of methoxy groups -OCH3 is 1. The fourth-order valence-electron chi connectivity index (χ4n) is 7.96. The van der Waals surface area contributed by atoms with Gasteiger partial charge in [0, 0.05) is 37.9 Å². The van der Waals surface area contributed by atoms with E-state index in [1.165, 1.54) is 12.0 Å². The zero-order chi connectivity index (χ0) is 20.9. The molecule has 0 bridgehead atoms. The Kier molecular flexibility index (Phi) is 6.00. The lowest BCUT2D eigenvalue weighted by atomic mass is 9.47. The average Bonchev–Trinajstić information content (AvgIpc) is 3.10. The molecule has 5 heteroatoms. The van der Waals surface area contributed by atoms with Crippen LogP contribution in [0.25, 0.3) is 0 Å². The van der Waals surface area contributed by atoms with Crippen LogP contribution in [0.4, 0.5) is 0 Å². The molecule has 0 amide bonds. The quantitative estimate of drug-likeness (QED) is 0.378. The Bertz CT molecular complexity index is 678. The van der Waals surface area contributed by atoms with Gasteiger partial charge < -0.3 is 14.6 Å². The number of hydrogen-bond donors (Lipinski definition) is 2. The second-order valence-electron chi connectivity index (χ2n) is 10.2. The highest BCUT2D eigenvalue weighted by Crippen LogP contribution is 2.67. The van der Waals surface area contributed by atoms with E-state index in [9.17, 15) is 9.90 Å². The molecule has 4 aliphatic rings. The molecule has 4 nitrogen and oxygen atoms in total. The van der Waals surface area contributed by atoms with Crippen molar-refractivity contribution >= 4 is 18.4 Å². The third-order valence-corrected chi connectivity index (χ3v) is 10.0. The van der Waals surface area contributed by atoms with Crippen molar-refractivity contribution < 1.29 is 19.4 Å². The Morgan fingerprint density at radius 3 is 2.69 bits per heavy atom. The molecule has 0 aliphatic heterocycles. The maximum atomic E-state index is 12.4. The van der Waals surface area contributed by atoms with Crippen molar-refractivity contribution in [3.8, 4) is 0 Å². The lowest BCUT2D eigenvalue weighted by Crippen LogP contribution is -2.55. The molecule has 0 radical (unpaired) electrons. The number of aliphatic hydroxyl groups is 1. The lowest BCUT2D eigenvalue weighted by Gasteiger charge is -2.60. The van der Waals surface area contributed by atoms with Gasteiger partial charge in [0.1, 0.15) is 6.61 Å². The number of allylic oxidation sites excluding steroid dienone is 1. The summed E-state index contributed by atoms with van der Waals surface area (Å²) in [7, 11) is 1.78. The highest BCUT2D eigenvalue weighted by atomic mass is 32.1. The maximum Gasteiger partial charge on any atom is 0.171 e. The summed E-state index contributed by atoms with van der Waals surface area (Å²) in [6.45, 7) is 4.74. The zero-order valence-corrected chi connectivity index (χ0v) is 19.2. The first kappa shape index (κ1) is 21.9. The van der Waals surface area contributed by atoms with Crippen LogP contribution in [0.3, 0.4) is 0 Å². The molecule has 0 aromatic rings. The number of aliphatic hydroxyl groups excluding tert-OH is 1. The van der Waals surface area contributed by atoms with Crippen LogP contribution < -0.4 is 0 Å². The highest BCUT2D eigenvalue weighted by Gasteiger charge is 2.61. The molecule has 7 unspecified atom stereocenters. The topological polar surface area (TPSA) is 55.8 Å². The summed E-state index contributed by atoms with van der Waals surface area (Å²) >= 11 is 4.91. The van der Waals surface area contributed by atoms with Gasteiger partial charge in [-0.05, 0) is 74.4 Å². The van der Waals surface area contributed by atoms with Crippen LogP contribution in [-0.2, 0) is 14.3 Å². The van der Waals surface area contributed by atoms with Crippen molar-refractivity contribution in [3.63, 3.8) is 0 Å². The van der Waals surface area contributed by atoms with Crippen LogP contribution in [0.5, 0.6) is 0 Å². The number of thiol groups is 1. The molecular formula is C24H38O4S. The van der Waals surface area contributed by atoms with Gasteiger partial charge in [-0.25, -0.2) is 0 Å². The maximum absolute atomic E-state index is 12.4. The summed E-state index contributed by atoms with van der Waals surface area (Å²) in [6.07, 6.45) is 10.8. The summed E-state index contributed by atoms with van der Waals surface area (Å²) in [6, 6.07) is 0. The second kappa shape index (κ2) is 7.96. The van der Waals surface area contributed by atoms with Crippen LogP contribution in [0.15, 0.2) is 11.6 Å². The predicted octanol–water partition coefficient (Wildman–Crippen LogP) is 4.42. The predicted molar refractivity (Wildman–Crippen MR) is 117 cm³/mol. The van der Waals surface area contributed by atoms with E-state index >= 15 is 0 Å². The lowest BCUT2D eigenvalue weighted by molar-refractivity contribution is -0.239. The van der Waals surface area contributed by atoms with Crippen molar-refractivity contribution in [1.82, 2.24) is 0 Å². The molecule has 0 saturated heterocycles. The van der Waals surface area contributed by atoms with Gasteiger partial charge in [-0.3, -0.25) is 4.79 Å². The Morgan fingerprint density at radius 2 is 2.03 bits per heavy atom. The third kappa shape index (κ3) is 3.18. The molecule has 4 aliphatic carbocycles. The van der Waals surface area contributed by atoms with Crippen molar-refractivity contribution in [1.29, 1.82) is 0 Å². The summed E-state index contributed by atoms with van der Waals surface area (Å²) in [5.74, 6) is 2.35. The smallest absolute Gasteiger partial charge is 0.171 e. The fourth-order valence-corrected chi connectivity index (χ4v) is 8.56. The Hall–Kier alpha value is -0.360. The van der Waals surface area contributed by atoms with Crippen molar-refractivity contribution in [2.75, 3.05) is 26.1 Å². The molecule has 164 valence electrons. The largest absolute Gasteiger partial charge is 0.389 e. The number of fused-ring (bicyclic) bond motifs is 5. The first-order valence-corrected chi connectivity index (χ1v) is 12.2. The number of carbonyl (C=O) groups excluding carboxylic acids is 1. The monoisotopic (exact) mass is 422 g/mol. The highest BCUT2D eigenvalue weighted by molar-refractivity contribution is 7.80. The Balaban J connectivity index is 1.64. The normalized spacial score (nSPS) is 46.4. The summed E-state index contributed by atoms with van der Waals surface area (Å²) in [5, 5.41) is 9.49. The zero-order valence-electron chi connectivity index (χ0n) is 18.3. The van der Waals surface area contributed by atoms with Crippen LogP contribution in [0.2, 0.25) is 0 Å². The van der Waals surface area contributed by atoms with E-state index in [1.807, 2.05) is 6.92 Å². The SMILES string of the molecule is CCOC1(OC)CCC2(CS)C(=CCC3C2CCC2(C)C(C(=O)CO)CCC32)C1. The van der Waals surface area contributed by atoms with Crippen LogP contribution in [-0.4, -0.2) is 42.8 Å². The minimum Gasteiger partial charge on any atom is -0.389 e. The second-order valence-corrected chi connectivity index (χ2v) is 10.5. The van der Waals surface area contributed by atoms with Gasteiger partial charge in [0.2, 0.25) is 0 Å². The van der Waals surface area contributed by atoms with Crippen molar-refractivity contribution in [3.05, 3.63) is 11.6 Å². The number of ether oxygens (including phenoxy) is 2. The molecule has 3 saturated carbocycles. The van der Waals surface area contributed by atoms with Crippen LogP contribution in [0, 0.1) is 34.5 Å². The van der Waals surface area contributed by atoms with Crippen molar-refractivity contribution in [2.45, 2.75) is 71.0 Å². The molecular weight excluding hydrogens is 384 g/mol. The van der Waals surface area contributed by atoms with Gasteiger partial charge in [0.05, 0.1) is 0 Å². The molecule has 0 aromatic carbocycles. The number of Topliss-reactive ketones (excluding diaryl/α,β-unsaturated/α-hetero) is 1. The number of rotatable bonds is 6. The van der Waals surface area contributed by atoms with Crippen LogP contribution in [0.1, 0.15) is 65.2 Å². The van der Waals surface area contributed by atoms with Gasteiger partial charge in [-0.2, -0.15) is 12.6 Å². The molecule has 3 fully saturated rings. The molecule has 4 rings (SSSR count). The fraction of sp³-hybridized carbons (Fsp3) is 0.875.